The maximum atomic E-state index is 12.0. The molecule has 7 heteroatoms. The highest BCUT2D eigenvalue weighted by atomic mass is 16.5. The summed E-state index contributed by atoms with van der Waals surface area (Å²) in [4.78, 5) is 16.4. The summed E-state index contributed by atoms with van der Waals surface area (Å²) in [7, 11) is 1.50. The van der Waals surface area contributed by atoms with Crippen LogP contribution in [-0.4, -0.2) is 26.1 Å². The Bertz CT molecular complexity index is 616. The van der Waals surface area contributed by atoms with Gasteiger partial charge < -0.3 is 9.64 Å². The number of methoxy groups -OCH3 is 1. The fraction of sp³-hybridized carbons (Fsp3) is 0.385. The molecular weight excluding hydrogens is 258 g/mol. The Morgan fingerprint density at radius 3 is 3.10 bits per heavy atom. The highest BCUT2D eigenvalue weighted by molar-refractivity contribution is 5.97. The maximum Gasteiger partial charge on any atom is 0.227 e. The zero-order valence-corrected chi connectivity index (χ0v) is 11.0. The quantitative estimate of drug-likeness (QED) is 0.476. The van der Waals surface area contributed by atoms with Gasteiger partial charge in [0.15, 0.2) is 0 Å². The lowest BCUT2D eigenvalue weighted by Gasteiger charge is -2.19. The lowest BCUT2D eigenvalue weighted by Crippen LogP contribution is -2.25. The SMILES string of the molecule is COc1cc(C#N)ccc1N1CC(CN=[N+]=[N-])CC1=O. The van der Waals surface area contributed by atoms with Crippen LogP contribution in [-0.2, 0) is 4.79 Å². The third kappa shape index (κ3) is 2.66. The number of ether oxygens (including phenoxy) is 1. The predicted molar refractivity (Wildman–Crippen MR) is 72.2 cm³/mol. The molecule has 1 aromatic carbocycles. The van der Waals surface area contributed by atoms with E-state index in [1.807, 2.05) is 6.07 Å². The second kappa shape index (κ2) is 5.95. The van der Waals surface area contributed by atoms with Crippen molar-refractivity contribution in [3.8, 4) is 11.8 Å². The van der Waals surface area contributed by atoms with Gasteiger partial charge >= 0.3 is 0 Å². The lowest BCUT2D eigenvalue weighted by atomic mass is 10.1. The lowest BCUT2D eigenvalue weighted by molar-refractivity contribution is -0.117. The first-order valence-corrected chi connectivity index (χ1v) is 6.09. The van der Waals surface area contributed by atoms with Crippen molar-refractivity contribution in [3.05, 3.63) is 34.2 Å². The number of carbonyl (C=O) groups is 1. The Morgan fingerprint density at radius 2 is 2.45 bits per heavy atom. The van der Waals surface area contributed by atoms with E-state index in [4.69, 9.17) is 15.5 Å². The van der Waals surface area contributed by atoms with E-state index in [1.54, 1.807) is 23.1 Å². The van der Waals surface area contributed by atoms with Crippen LogP contribution in [0.1, 0.15) is 12.0 Å². The molecule has 1 fully saturated rings. The molecule has 1 aliphatic rings. The van der Waals surface area contributed by atoms with Gasteiger partial charge in [0, 0.05) is 30.5 Å². The van der Waals surface area contributed by atoms with E-state index in [-0.39, 0.29) is 11.8 Å². The first-order chi connectivity index (χ1) is 9.69. The molecule has 7 nitrogen and oxygen atoms in total. The fourth-order valence-corrected chi connectivity index (χ4v) is 2.26. The van der Waals surface area contributed by atoms with E-state index in [0.717, 1.165) is 0 Å². The van der Waals surface area contributed by atoms with Crippen LogP contribution in [0.15, 0.2) is 23.3 Å². The van der Waals surface area contributed by atoms with Gasteiger partial charge in [0.05, 0.1) is 24.4 Å². The van der Waals surface area contributed by atoms with Gasteiger partial charge in [-0.05, 0) is 23.6 Å². The molecule has 20 heavy (non-hydrogen) atoms. The average Bonchev–Trinajstić information content (AvgIpc) is 2.85. The summed E-state index contributed by atoms with van der Waals surface area (Å²) in [6.45, 7) is 0.789. The molecular formula is C13H13N5O2. The van der Waals surface area contributed by atoms with Gasteiger partial charge in [0.2, 0.25) is 5.91 Å². The predicted octanol–water partition coefficient (Wildman–Crippen LogP) is 2.23. The van der Waals surface area contributed by atoms with Gasteiger partial charge in [-0.3, -0.25) is 4.79 Å². The van der Waals surface area contributed by atoms with Crippen LogP contribution in [0.25, 0.3) is 10.4 Å². The van der Waals surface area contributed by atoms with E-state index >= 15 is 0 Å². The van der Waals surface area contributed by atoms with Crippen LogP contribution in [0.4, 0.5) is 5.69 Å². The highest BCUT2D eigenvalue weighted by Gasteiger charge is 2.31. The molecule has 1 heterocycles. The van der Waals surface area contributed by atoms with E-state index < -0.39 is 0 Å². The largest absolute Gasteiger partial charge is 0.495 e. The first-order valence-electron chi connectivity index (χ1n) is 6.09. The van der Waals surface area contributed by atoms with Gasteiger partial charge in [-0.2, -0.15) is 5.26 Å². The molecule has 1 unspecified atom stereocenters. The zero-order valence-electron chi connectivity index (χ0n) is 11.0. The monoisotopic (exact) mass is 271 g/mol. The van der Waals surface area contributed by atoms with E-state index in [1.165, 1.54) is 7.11 Å². The summed E-state index contributed by atoms with van der Waals surface area (Å²) >= 11 is 0. The molecule has 1 amide bonds. The van der Waals surface area contributed by atoms with Gasteiger partial charge in [-0.25, -0.2) is 0 Å². The van der Waals surface area contributed by atoms with Crippen molar-refractivity contribution >= 4 is 11.6 Å². The average molecular weight is 271 g/mol. The number of hydrogen-bond donors (Lipinski definition) is 0. The van der Waals surface area contributed by atoms with Crippen molar-refractivity contribution in [2.24, 2.45) is 11.0 Å². The van der Waals surface area contributed by atoms with Crippen molar-refractivity contribution in [1.82, 2.24) is 0 Å². The van der Waals surface area contributed by atoms with Crippen molar-refractivity contribution in [2.75, 3.05) is 25.1 Å². The molecule has 2 rings (SSSR count). The Hall–Kier alpha value is -2.71. The molecule has 1 atom stereocenters. The second-order valence-corrected chi connectivity index (χ2v) is 4.49. The molecule has 1 aliphatic heterocycles. The van der Waals surface area contributed by atoms with Crippen LogP contribution in [0, 0.1) is 17.2 Å². The number of carbonyl (C=O) groups excluding carboxylic acids is 1. The Kier molecular flexibility index (Phi) is 4.08. The third-order valence-corrected chi connectivity index (χ3v) is 3.21. The molecule has 1 saturated heterocycles. The van der Waals surface area contributed by atoms with E-state index in [0.29, 0.717) is 36.5 Å². The maximum absolute atomic E-state index is 12.0. The number of benzene rings is 1. The smallest absolute Gasteiger partial charge is 0.227 e. The van der Waals surface area contributed by atoms with E-state index in [9.17, 15) is 4.79 Å². The Morgan fingerprint density at radius 1 is 1.65 bits per heavy atom. The first kappa shape index (κ1) is 13.7. The van der Waals surface area contributed by atoms with Gasteiger partial charge in [-0.15, -0.1) is 0 Å². The van der Waals surface area contributed by atoms with Gasteiger partial charge in [-0.1, -0.05) is 5.11 Å². The number of hydrogen-bond acceptors (Lipinski definition) is 4. The zero-order chi connectivity index (χ0) is 14.5. The highest BCUT2D eigenvalue weighted by Crippen LogP contribution is 2.33. The minimum Gasteiger partial charge on any atom is -0.495 e. The molecule has 0 spiro atoms. The number of rotatable bonds is 4. The molecule has 102 valence electrons. The number of azide groups is 1. The van der Waals surface area contributed by atoms with Crippen molar-refractivity contribution < 1.29 is 9.53 Å². The van der Waals surface area contributed by atoms with Gasteiger partial charge in [0.1, 0.15) is 5.75 Å². The minimum absolute atomic E-state index is 0.0127. The minimum atomic E-state index is -0.0360. The van der Waals surface area contributed by atoms with Gasteiger partial charge in [0.25, 0.3) is 0 Å². The van der Waals surface area contributed by atoms with Crippen LogP contribution < -0.4 is 9.64 Å². The summed E-state index contributed by atoms with van der Waals surface area (Å²) in [5.41, 5.74) is 9.44. The van der Waals surface area contributed by atoms with Crippen molar-refractivity contribution in [3.63, 3.8) is 0 Å². The topological polar surface area (TPSA) is 102 Å². The number of nitriles is 1. The van der Waals surface area contributed by atoms with Crippen LogP contribution >= 0.6 is 0 Å². The summed E-state index contributed by atoms with van der Waals surface area (Å²) in [5.74, 6) is 0.465. The van der Waals surface area contributed by atoms with E-state index in [2.05, 4.69) is 10.0 Å². The van der Waals surface area contributed by atoms with Crippen LogP contribution in [0.5, 0.6) is 5.75 Å². The number of nitrogens with zero attached hydrogens (tertiary/aromatic N) is 5. The molecule has 0 aromatic heterocycles. The normalized spacial score (nSPS) is 17.5. The Labute approximate surface area is 116 Å². The summed E-state index contributed by atoms with van der Waals surface area (Å²) in [6, 6.07) is 6.97. The third-order valence-electron chi connectivity index (χ3n) is 3.21. The fourth-order valence-electron chi connectivity index (χ4n) is 2.26. The molecule has 0 aliphatic carbocycles. The van der Waals surface area contributed by atoms with Crippen LogP contribution in [0.3, 0.4) is 0 Å². The molecule has 0 bridgehead atoms. The molecule has 0 saturated carbocycles. The summed E-state index contributed by atoms with van der Waals surface area (Å²) < 4.78 is 5.24. The molecule has 1 aromatic rings. The summed E-state index contributed by atoms with van der Waals surface area (Å²) in [5, 5.41) is 12.4. The number of anilines is 1. The molecule has 0 N–H and O–H groups in total. The van der Waals surface area contributed by atoms with Crippen molar-refractivity contribution in [1.29, 1.82) is 5.26 Å². The van der Waals surface area contributed by atoms with Crippen LogP contribution in [0.2, 0.25) is 0 Å². The standard InChI is InChI=1S/C13H13N5O2/c1-20-12-4-9(6-14)2-3-11(12)18-8-10(5-13(18)19)7-16-17-15/h2-4,10H,5,7-8H2,1H3. The second-order valence-electron chi connectivity index (χ2n) is 4.49. The Balaban J connectivity index is 2.26. The summed E-state index contributed by atoms with van der Waals surface area (Å²) in [6.07, 6.45) is 0.349. The van der Waals surface area contributed by atoms with Crippen molar-refractivity contribution in [2.45, 2.75) is 6.42 Å². The number of amides is 1. The molecule has 0 radical (unpaired) electrons.